The third-order valence-corrected chi connectivity index (χ3v) is 2.93. The molecule has 1 aromatic carbocycles. The molecule has 1 aromatic rings. The van der Waals surface area contributed by atoms with Gasteiger partial charge in [0.25, 0.3) is 0 Å². The van der Waals surface area contributed by atoms with Crippen molar-refractivity contribution in [3.8, 4) is 11.5 Å². The predicted molar refractivity (Wildman–Crippen MR) is 75.3 cm³/mol. The summed E-state index contributed by atoms with van der Waals surface area (Å²) >= 11 is 3.45. The maximum Gasteiger partial charge on any atom is 0.175 e. The van der Waals surface area contributed by atoms with Crippen LogP contribution in [-0.4, -0.2) is 43.9 Å². The van der Waals surface area contributed by atoms with Gasteiger partial charge in [-0.25, -0.2) is 0 Å². The van der Waals surface area contributed by atoms with Crippen molar-refractivity contribution in [3.05, 3.63) is 22.2 Å². The number of aliphatic hydroxyl groups is 1. The van der Waals surface area contributed by atoms with Crippen molar-refractivity contribution in [2.24, 2.45) is 0 Å². The molecule has 18 heavy (non-hydrogen) atoms. The monoisotopic (exact) mass is 317 g/mol. The van der Waals surface area contributed by atoms with Crippen molar-refractivity contribution in [1.82, 2.24) is 4.90 Å². The fraction of sp³-hybridized carbons (Fsp3) is 0.538. The second kappa shape index (κ2) is 7.61. The molecule has 1 N–H and O–H groups in total. The Labute approximate surface area is 117 Å². The van der Waals surface area contributed by atoms with Crippen molar-refractivity contribution >= 4 is 15.9 Å². The van der Waals surface area contributed by atoms with Gasteiger partial charge in [0, 0.05) is 6.54 Å². The second-order valence-electron chi connectivity index (χ2n) is 4.15. The Balaban J connectivity index is 2.86. The first kappa shape index (κ1) is 15.3. The van der Waals surface area contributed by atoms with E-state index < -0.39 is 0 Å². The smallest absolute Gasteiger partial charge is 0.175 e. The van der Waals surface area contributed by atoms with E-state index in [1.165, 1.54) is 0 Å². The zero-order chi connectivity index (χ0) is 13.5. The Morgan fingerprint density at radius 1 is 1.28 bits per heavy atom. The number of benzene rings is 1. The van der Waals surface area contributed by atoms with E-state index >= 15 is 0 Å². The lowest BCUT2D eigenvalue weighted by atomic mass is 10.2. The van der Waals surface area contributed by atoms with Gasteiger partial charge in [-0.1, -0.05) is 0 Å². The number of hydrogen-bond acceptors (Lipinski definition) is 4. The Morgan fingerprint density at radius 2 is 2.00 bits per heavy atom. The van der Waals surface area contributed by atoms with E-state index in [0.717, 1.165) is 16.6 Å². The first-order valence-electron chi connectivity index (χ1n) is 5.92. The molecule has 0 aromatic heterocycles. The minimum absolute atomic E-state index is 0.0172. The number of rotatable bonds is 7. The molecule has 0 unspecified atom stereocenters. The Kier molecular flexibility index (Phi) is 6.46. The lowest BCUT2D eigenvalue weighted by Crippen LogP contribution is -2.19. The number of likely N-dealkylation sites (N-methyl/N-ethyl adjacent to an activating group) is 1. The van der Waals surface area contributed by atoms with Gasteiger partial charge in [-0.2, -0.15) is 0 Å². The average molecular weight is 318 g/mol. The maximum absolute atomic E-state index is 9.17. The van der Waals surface area contributed by atoms with E-state index in [9.17, 15) is 5.11 Å². The lowest BCUT2D eigenvalue weighted by Gasteiger charge is -2.16. The third kappa shape index (κ3) is 4.48. The lowest BCUT2D eigenvalue weighted by molar-refractivity contribution is 0.241. The molecule has 0 saturated heterocycles. The largest absolute Gasteiger partial charge is 0.490 e. The molecule has 0 bridgehead atoms. The van der Waals surface area contributed by atoms with Crippen molar-refractivity contribution < 1.29 is 14.6 Å². The van der Waals surface area contributed by atoms with Crippen LogP contribution >= 0.6 is 15.9 Å². The van der Waals surface area contributed by atoms with Gasteiger partial charge in [0.05, 0.1) is 17.7 Å². The summed E-state index contributed by atoms with van der Waals surface area (Å²) in [4.78, 5) is 2.05. The van der Waals surface area contributed by atoms with Crippen LogP contribution in [0.2, 0.25) is 0 Å². The van der Waals surface area contributed by atoms with Gasteiger partial charge < -0.3 is 19.5 Å². The standard InChI is InChI=1S/C13H20BrNO3/c1-4-17-12-8-10(9-16)7-11(14)13(12)18-6-5-15(2)3/h7-8,16H,4-6,9H2,1-3H3. The highest BCUT2D eigenvalue weighted by atomic mass is 79.9. The molecule has 4 nitrogen and oxygen atoms in total. The molecular formula is C13H20BrNO3. The molecule has 0 fully saturated rings. The number of aliphatic hydroxyl groups excluding tert-OH is 1. The van der Waals surface area contributed by atoms with E-state index in [1.807, 2.05) is 27.1 Å². The van der Waals surface area contributed by atoms with Crippen LogP contribution < -0.4 is 9.47 Å². The van der Waals surface area contributed by atoms with Gasteiger partial charge in [0.15, 0.2) is 11.5 Å². The van der Waals surface area contributed by atoms with Crippen LogP contribution in [0.25, 0.3) is 0 Å². The topological polar surface area (TPSA) is 41.9 Å². The molecule has 0 aliphatic carbocycles. The molecule has 0 aliphatic rings. The Hall–Kier alpha value is -0.780. The van der Waals surface area contributed by atoms with Crippen molar-refractivity contribution in [2.45, 2.75) is 13.5 Å². The predicted octanol–water partition coefficient (Wildman–Crippen LogP) is 2.28. The van der Waals surface area contributed by atoms with E-state index in [-0.39, 0.29) is 6.61 Å². The summed E-state index contributed by atoms with van der Waals surface area (Å²) in [5.74, 6) is 1.35. The second-order valence-corrected chi connectivity index (χ2v) is 5.00. The van der Waals surface area contributed by atoms with E-state index in [1.54, 1.807) is 6.07 Å². The van der Waals surface area contributed by atoms with Crippen LogP contribution in [0.5, 0.6) is 11.5 Å². The van der Waals surface area contributed by atoms with Crippen LogP contribution in [-0.2, 0) is 6.61 Å². The molecule has 0 spiro atoms. The molecule has 0 amide bonds. The zero-order valence-corrected chi connectivity index (χ0v) is 12.7. The number of ether oxygens (including phenoxy) is 2. The van der Waals surface area contributed by atoms with Gasteiger partial charge >= 0.3 is 0 Å². The fourth-order valence-electron chi connectivity index (χ4n) is 1.45. The highest BCUT2D eigenvalue weighted by molar-refractivity contribution is 9.10. The SMILES string of the molecule is CCOc1cc(CO)cc(Br)c1OCCN(C)C. The van der Waals surface area contributed by atoms with Gasteiger partial charge in [-0.15, -0.1) is 0 Å². The summed E-state index contributed by atoms with van der Waals surface area (Å²) in [6.45, 7) is 3.88. The number of nitrogens with zero attached hydrogens (tertiary/aromatic N) is 1. The van der Waals surface area contributed by atoms with Crippen LogP contribution in [0.15, 0.2) is 16.6 Å². The normalized spacial score (nSPS) is 10.8. The van der Waals surface area contributed by atoms with Gasteiger partial charge in [0.2, 0.25) is 0 Å². The van der Waals surface area contributed by atoms with Crippen molar-refractivity contribution in [1.29, 1.82) is 0 Å². The quantitative estimate of drug-likeness (QED) is 0.837. The molecule has 0 radical (unpaired) electrons. The third-order valence-electron chi connectivity index (χ3n) is 2.34. The van der Waals surface area contributed by atoms with Crippen molar-refractivity contribution in [3.63, 3.8) is 0 Å². The highest BCUT2D eigenvalue weighted by Crippen LogP contribution is 2.36. The molecule has 0 atom stereocenters. The summed E-state index contributed by atoms with van der Waals surface area (Å²) < 4.78 is 12.1. The van der Waals surface area contributed by atoms with Crippen LogP contribution in [0, 0.1) is 0 Å². The zero-order valence-electron chi connectivity index (χ0n) is 11.1. The molecule has 0 heterocycles. The van der Waals surface area contributed by atoms with Gasteiger partial charge in [-0.05, 0) is 54.6 Å². The first-order valence-corrected chi connectivity index (χ1v) is 6.71. The highest BCUT2D eigenvalue weighted by Gasteiger charge is 2.12. The van der Waals surface area contributed by atoms with E-state index in [2.05, 4.69) is 20.8 Å². The van der Waals surface area contributed by atoms with E-state index in [4.69, 9.17) is 9.47 Å². The average Bonchev–Trinajstić information content (AvgIpc) is 2.32. The molecule has 0 saturated carbocycles. The molecular weight excluding hydrogens is 298 g/mol. The molecule has 1 rings (SSSR count). The number of halogens is 1. The molecule has 5 heteroatoms. The summed E-state index contributed by atoms with van der Waals surface area (Å²) in [6, 6.07) is 3.65. The van der Waals surface area contributed by atoms with E-state index in [0.29, 0.717) is 24.7 Å². The van der Waals surface area contributed by atoms with Crippen molar-refractivity contribution in [2.75, 3.05) is 33.9 Å². The van der Waals surface area contributed by atoms with Crippen LogP contribution in [0.3, 0.4) is 0 Å². The first-order chi connectivity index (χ1) is 8.58. The maximum atomic E-state index is 9.17. The summed E-state index contributed by atoms with van der Waals surface area (Å²) in [5.41, 5.74) is 0.797. The molecule has 102 valence electrons. The summed E-state index contributed by atoms with van der Waals surface area (Å²) in [5, 5.41) is 9.17. The molecule has 0 aliphatic heterocycles. The Bertz CT molecular complexity index is 383. The summed E-state index contributed by atoms with van der Waals surface area (Å²) in [7, 11) is 3.99. The number of hydrogen-bond donors (Lipinski definition) is 1. The van der Waals surface area contributed by atoms with Gasteiger partial charge in [0.1, 0.15) is 6.61 Å². The minimum atomic E-state index is -0.0172. The van der Waals surface area contributed by atoms with Crippen LogP contribution in [0.1, 0.15) is 12.5 Å². The van der Waals surface area contributed by atoms with Crippen LogP contribution in [0.4, 0.5) is 0 Å². The Morgan fingerprint density at radius 3 is 2.56 bits per heavy atom. The van der Waals surface area contributed by atoms with Gasteiger partial charge in [-0.3, -0.25) is 0 Å². The summed E-state index contributed by atoms with van der Waals surface area (Å²) in [6.07, 6.45) is 0. The fourth-order valence-corrected chi connectivity index (χ4v) is 2.05. The minimum Gasteiger partial charge on any atom is -0.490 e.